The summed E-state index contributed by atoms with van der Waals surface area (Å²) in [5.41, 5.74) is -2.18. The van der Waals surface area contributed by atoms with Crippen molar-refractivity contribution >= 4 is 37.4 Å². The maximum Gasteiger partial charge on any atom is 0.573 e. The summed E-state index contributed by atoms with van der Waals surface area (Å²) in [4.78, 5) is 29.3. The lowest BCUT2D eigenvalue weighted by Gasteiger charge is -2.39. The number of ether oxygens (including phenoxy) is 2. The van der Waals surface area contributed by atoms with E-state index in [1.54, 1.807) is 0 Å². The molecule has 0 aliphatic carbocycles. The van der Waals surface area contributed by atoms with Gasteiger partial charge in [-0.15, -0.1) is 18.3 Å². The van der Waals surface area contributed by atoms with Crippen molar-refractivity contribution in [2.45, 2.75) is 36.6 Å². The number of piperazine rings is 1. The first-order valence-electron chi connectivity index (χ1n) is 13.3. The molecule has 1 fully saturated rings. The van der Waals surface area contributed by atoms with Crippen LogP contribution in [0.5, 0.6) is 11.5 Å². The second-order valence-electron chi connectivity index (χ2n) is 9.89. The van der Waals surface area contributed by atoms with Gasteiger partial charge in [0, 0.05) is 32.2 Å². The van der Waals surface area contributed by atoms with Gasteiger partial charge in [0.15, 0.2) is 5.69 Å². The molecule has 0 unspecified atom stereocenters. The molecule has 2 aromatic carbocycles. The highest BCUT2D eigenvalue weighted by Crippen LogP contribution is 2.33. The number of hydrogen-bond donors (Lipinski definition) is 1. The summed E-state index contributed by atoms with van der Waals surface area (Å²) >= 11 is 0.585. The lowest BCUT2D eigenvalue weighted by atomic mass is 10.2. The molecular weight excluding hydrogens is 708 g/mol. The third-order valence-corrected chi connectivity index (χ3v) is 9.61. The number of rotatable bonds is 9. The van der Waals surface area contributed by atoms with Gasteiger partial charge in [-0.1, -0.05) is 23.5 Å². The molecule has 1 aliphatic heterocycles. The van der Waals surface area contributed by atoms with Crippen molar-refractivity contribution < 1.29 is 57.8 Å². The molecule has 1 saturated heterocycles. The van der Waals surface area contributed by atoms with Gasteiger partial charge >= 0.3 is 19.2 Å². The largest absolute Gasteiger partial charge is 0.573 e. The van der Waals surface area contributed by atoms with E-state index in [1.807, 2.05) is 0 Å². The summed E-state index contributed by atoms with van der Waals surface area (Å²) in [7, 11) is -4.58. The van der Waals surface area contributed by atoms with E-state index in [4.69, 9.17) is 0 Å². The Kier molecular flexibility index (Phi) is 9.52. The number of sulfonamides is 1. The number of carbonyl (C=O) groups is 1. The number of hydrogen-bond acceptors (Lipinski definition) is 10. The van der Waals surface area contributed by atoms with Gasteiger partial charge in [0.2, 0.25) is 26.0 Å². The normalized spacial score (nSPS) is 16.4. The Morgan fingerprint density at radius 1 is 1.00 bits per heavy atom. The van der Waals surface area contributed by atoms with Gasteiger partial charge in [-0.3, -0.25) is 9.59 Å². The Morgan fingerprint density at radius 3 is 2.25 bits per heavy atom. The lowest BCUT2D eigenvalue weighted by molar-refractivity contribution is -0.274. The number of alkyl halides is 8. The molecule has 0 spiro atoms. The van der Waals surface area contributed by atoms with Gasteiger partial charge < -0.3 is 19.7 Å². The monoisotopic (exact) mass is 728 g/mol. The van der Waals surface area contributed by atoms with Gasteiger partial charge in [0.1, 0.15) is 17.5 Å². The average Bonchev–Trinajstić information content (AvgIpc) is 3.42. The summed E-state index contributed by atoms with van der Waals surface area (Å²) in [5.74, 6) is -1.75. The summed E-state index contributed by atoms with van der Waals surface area (Å²) < 4.78 is 140. The van der Waals surface area contributed by atoms with E-state index in [1.165, 1.54) is 29.2 Å². The summed E-state index contributed by atoms with van der Waals surface area (Å²) in [6.07, 6.45) is -10.0. The fourth-order valence-corrected chi connectivity index (χ4v) is 7.13. The molecule has 12 nitrogen and oxygen atoms in total. The molecule has 0 saturated carbocycles. The van der Waals surface area contributed by atoms with Crippen molar-refractivity contribution in [3.05, 3.63) is 76.2 Å². The first-order valence-corrected chi connectivity index (χ1v) is 15.6. The topological polar surface area (TPSA) is 135 Å². The molecule has 1 N–H and O–H groups in total. The number of fused-ring (bicyclic) bond motifs is 1. The second kappa shape index (κ2) is 13.1. The van der Waals surface area contributed by atoms with Crippen LogP contribution in [0, 0.1) is 0 Å². The predicted octanol–water partition coefficient (Wildman–Crippen LogP) is 3.87. The Hall–Kier alpha value is -4.57. The van der Waals surface area contributed by atoms with E-state index in [0.29, 0.717) is 21.4 Å². The minimum atomic E-state index is -5.04. The molecule has 0 bridgehead atoms. The van der Waals surface area contributed by atoms with E-state index in [-0.39, 0.29) is 30.0 Å². The molecule has 48 heavy (non-hydrogen) atoms. The average molecular weight is 729 g/mol. The first-order chi connectivity index (χ1) is 22.4. The number of halogens is 8. The van der Waals surface area contributed by atoms with Crippen LogP contribution in [0.25, 0.3) is 4.96 Å². The number of carbonyl (C=O) groups excluding carboxylic acids is 1. The van der Waals surface area contributed by atoms with Crippen LogP contribution in [0.3, 0.4) is 0 Å². The van der Waals surface area contributed by atoms with E-state index in [2.05, 4.69) is 24.9 Å². The second-order valence-corrected chi connectivity index (χ2v) is 12.7. The number of anilines is 1. The molecule has 1 atom stereocenters. The zero-order valence-corrected chi connectivity index (χ0v) is 25.3. The van der Waals surface area contributed by atoms with E-state index >= 15 is 0 Å². The van der Waals surface area contributed by atoms with Crippen molar-refractivity contribution in [2.24, 2.45) is 0 Å². The first kappa shape index (κ1) is 34.8. The predicted molar refractivity (Wildman–Crippen MR) is 150 cm³/mol. The van der Waals surface area contributed by atoms with Crippen LogP contribution in [0.4, 0.5) is 40.3 Å². The minimum absolute atomic E-state index is 0.128. The van der Waals surface area contributed by atoms with E-state index in [0.717, 1.165) is 28.6 Å². The van der Waals surface area contributed by atoms with Crippen LogP contribution in [0.2, 0.25) is 0 Å². The van der Waals surface area contributed by atoms with Crippen LogP contribution in [0.1, 0.15) is 11.3 Å². The SMILES string of the molecule is O=C(NCc1ccc(OC(F)F)cc1)[C@H]1CN(c2nn3c(C(F)(F)F)cc(=O)nc3s2)CCN1S(=O)(=O)c1ccc(OC(F)(F)F)cc1. The fraction of sp³-hybridized carbons (Fsp3) is 0.308. The Morgan fingerprint density at radius 2 is 1.65 bits per heavy atom. The Labute approximate surface area is 268 Å². The maximum atomic E-state index is 13.7. The summed E-state index contributed by atoms with van der Waals surface area (Å²) in [6.45, 7) is -4.40. The van der Waals surface area contributed by atoms with Crippen molar-refractivity contribution in [2.75, 3.05) is 24.5 Å². The Balaban J connectivity index is 1.44. The zero-order valence-electron chi connectivity index (χ0n) is 23.7. The number of benzene rings is 2. The highest BCUT2D eigenvalue weighted by molar-refractivity contribution is 7.89. The number of aromatic nitrogens is 3. The molecule has 22 heteroatoms. The van der Waals surface area contributed by atoms with E-state index < -0.39 is 81.1 Å². The van der Waals surface area contributed by atoms with Crippen LogP contribution in [-0.2, 0) is 27.5 Å². The quantitative estimate of drug-likeness (QED) is 0.255. The molecular formula is C26H20F8N6O6S2. The number of nitrogens with one attached hydrogen (secondary N) is 1. The van der Waals surface area contributed by atoms with Crippen molar-refractivity contribution in [1.82, 2.24) is 24.2 Å². The fourth-order valence-electron chi connectivity index (χ4n) is 4.62. The van der Waals surface area contributed by atoms with Gasteiger partial charge in [-0.25, -0.2) is 8.42 Å². The minimum Gasteiger partial charge on any atom is -0.435 e. The van der Waals surface area contributed by atoms with Crippen LogP contribution < -0.4 is 25.2 Å². The van der Waals surface area contributed by atoms with Gasteiger partial charge in [0.05, 0.1) is 4.90 Å². The third-order valence-electron chi connectivity index (χ3n) is 6.72. The molecule has 0 radical (unpaired) electrons. The van der Waals surface area contributed by atoms with Crippen molar-refractivity contribution in [3.63, 3.8) is 0 Å². The highest BCUT2D eigenvalue weighted by Gasteiger charge is 2.42. The molecule has 258 valence electrons. The number of nitrogens with zero attached hydrogens (tertiary/aromatic N) is 5. The van der Waals surface area contributed by atoms with Gasteiger partial charge in [-0.2, -0.15) is 35.8 Å². The lowest BCUT2D eigenvalue weighted by Crippen LogP contribution is -2.60. The molecule has 2 aromatic heterocycles. The van der Waals surface area contributed by atoms with Crippen molar-refractivity contribution in [1.29, 1.82) is 0 Å². The van der Waals surface area contributed by atoms with E-state index in [9.17, 15) is 53.1 Å². The van der Waals surface area contributed by atoms with Crippen LogP contribution in [0.15, 0.2) is 64.3 Å². The van der Waals surface area contributed by atoms with Gasteiger partial charge in [-0.05, 0) is 42.0 Å². The smallest absolute Gasteiger partial charge is 0.435 e. The molecule has 1 amide bonds. The van der Waals surface area contributed by atoms with Crippen molar-refractivity contribution in [3.8, 4) is 11.5 Å². The van der Waals surface area contributed by atoms with Crippen LogP contribution in [-0.4, -0.2) is 71.9 Å². The number of amides is 1. The molecule has 3 heterocycles. The molecule has 5 rings (SSSR count). The summed E-state index contributed by atoms with van der Waals surface area (Å²) in [5, 5.41) is 6.31. The zero-order chi connectivity index (χ0) is 35.0. The molecule has 1 aliphatic rings. The standard InChI is InChI=1S/C26H20F8N6O6S2/c27-22(28)45-15-3-1-14(2-4-15)12-35-21(42)18-13-38(24-37-40-19(25(29,30)31)11-20(41)36-23(40)47-24)9-10-39(18)48(43,44)17-7-5-16(6-8-17)46-26(32,33)34/h1-8,11,18,22H,9-10,12-13H2,(H,35,42)/t18-/m1/s1. The third kappa shape index (κ3) is 7.93. The maximum absolute atomic E-state index is 13.7. The Bertz CT molecular complexity index is 1950. The molecule has 4 aromatic rings. The highest BCUT2D eigenvalue weighted by atomic mass is 32.2. The summed E-state index contributed by atoms with van der Waals surface area (Å²) in [6, 6.07) is 7.04. The van der Waals surface area contributed by atoms with Crippen LogP contribution >= 0.6 is 11.3 Å². The van der Waals surface area contributed by atoms with Gasteiger partial charge in [0.25, 0.3) is 5.56 Å².